The van der Waals surface area contributed by atoms with Crippen LogP contribution in [0.25, 0.3) is 10.8 Å². The number of nitrogens with zero attached hydrogens (tertiary/aromatic N) is 2. The standard InChI is InChI=1S/C18H17N3O3S/c1-11-15(20-17(24-11)14-7-4-8-25-14)18(23)21(2)10-12-5-3-6-13(9-12)16(19)22/h3-9H,10H2,1-2H3,(H2,19,22). The predicted octanol–water partition coefficient (Wildman–Crippen LogP) is 3.08. The van der Waals surface area contributed by atoms with Crippen molar-refractivity contribution < 1.29 is 14.0 Å². The van der Waals surface area contributed by atoms with Crippen LogP contribution in [0.4, 0.5) is 0 Å². The number of carbonyl (C=O) groups excluding carboxylic acids is 2. The van der Waals surface area contributed by atoms with E-state index in [1.165, 1.54) is 16.2 Å². The molecule has 1 aromatic carbocycles. The highest BCUT2D eigenvalue weighted by Gasteiger charge is 2.22. The Morgan fingerprint density at radius 1 is 1.28 bits per heavy atom. The van der Waals surface area contributed by atoms with E-state index in [-0.39, 0.29) is 11.6 Å². The maximum Gasteiger partial charge on any atom is 0.276 e. The molecule has 2 heterocycles. The second-order valence-electron chi connectivity index (χ2n) is 5.63. The predicted molar refractivity (Wildman–Crippen MR) is 95.3 cm³/mol. The first-order valence-corrected chi connectivity index (χ1v) is 8.49. The van der Waals surface area contributed by atoms with Gasteiger partial charge in [0.05, 0.1) is 4.88 Å². The second-order valence-corrected chi connectivity index (χ2v) is 6.57. The zero-order valence-electron chi connectivity index (χ0n) is 13.9. The first-order chi connectivity index (χ1) is 12.0. The van der Waals surface area contributed by atoms with Crippen molar-refractivity contribution in [1.82, 2.24) is 9.88 Å². The first kappa shape index (κ1) is 16.9. The van der Waals surface area contributed by atoms with E-state index in [2.05, 4.69) is 4.98 Å². The number of oxazole rings is 1. The Balaban J connectivity index is 1.79. The van der Waals surface area contributed by atoms with E-state index in [1.807, 2.05) is 23.6 Å². The minimum Gasteiger partial charge on any atom is -0.440 e. The number of primary amides is 1. The Labute approximate surface area is 148 Å². The molecule has 0 fully saturated rings. The minimum atomic E-state index is -0.497. The molecule has 3 aromatic rings. The topological polar surface area (TPSA) is 89.4 Å². The van der Waals surface area contributed by atoms with E-state index >= 15 is 0 Å². The molecule has 2 aromatic heterocycles. The summed E-state index contributed by atoms with van der Waals surface area (Å²) < 4.78 is 5.62. The number of amides is 2. The number of hydrogen-bond acceptors (Lipinski definition) is 5. The fourth-order valence-corrected chi connectivity index (χ4v) is 3.10. The number of hydrogen-bond donors (Lipinski definition) is 1. The van der Waals surface area contributed by atoms with Crippen molar-refractivity contribution in [3.8, 4) is 10.8 Å². The SMILES string of the molecule is Cc1oc(-c2cccs2)nc1C(=O)N(C)Cc1cccc(C(N)=O)c1. The maximum atomic E-state index is 12.7. The van der Waals surface area contributed by atoms with E-state index in [0.29, 0.717) is 23.8 Å². The Kier molecular flexibility index (Phi) is 4.67. The van der Waals surface area contributed by atoms with Crippen LogP contribution in [0, 0.1) is 6.92 Å². The summed E-state index contributed by atoms with van der Waals surface area (Å²) in [6, 6.07) is 10.7. The molecule has 0 radical (unpaired) electrons. The second kappa shape index (κ2) is 6.90. The van der Waals surface area contributed by atoms with E-state index < -0.39 is 5.91 Å². The zero-order valence-corrected chi connectivity index (χ0v) is 14.7. The zero-order chi connectivity index (χ0) is 18.0. The molecule has 3 rings (SSSR count). The molecule has 2 N–H and O–H groups in total. The average Bonchev–Trinajstić information content (AvgIpc) is 3.23. The number of nitrogens with two attached hydrogens (primary N) is 1. The van der Waals surface area contributed by atoms with Crippen LogP contribution >= 0.6 is 11.3 Å². The lowest BCUT2D eigenvalue weighted by Gasteiger charge is -2.16. The van der Waals surface area contributed by atoms with Crippen molar-refractivity contribution in [3.63, 3.8) is 0 Å². The van der Waals surface area contributed by atoms with E-state index in [0.717, 1.165) is 10.4 Å². The summed E-state index contributed by atoms with van der Waals surface area (Å²) in [5.41, 5.74) is 6.81. The van der Waals surface area contributed by atoms with Crippen LogP contribution in [0.5, 0.6) is 0 Å². The van der Waals surface area contributed by atoms with Crippen LogP contribution in [0.3, 0.4) is 0 Å². The molecule has 0 spiro atoms. The van der Waals surface area contributed by atoms with E-state index in [9.17, 15) is 9.59 Å². The van der Waals surface area contributed by atoms with Gasteiger partial charge in [-0.15, -0.1) is 11.3 Å². The van der Waals surface area contributed by atoms with E-state index in [1.54, 1.807) is 32.2 Å². The lowest BCUT2D eigenvalue weighted by atomic mass is 10.1. The molecule has 0 saturated heterocycles. The molecular formula is C18H17N3O3S. The highest BCUT2D eigenvalue weighted by molar-refractivity contribution is 7.13. The van der Waals surface area contributed by atoms with Crippen molar-refractivity contribution >= 4 is 23.2 Å². The number of thiophene rings is 1. The summed E-state index contributed by atoms with van der Waals surface area (Å²) >= 11 is 1.50. The van der Waals surface area contributed by atoms with E-state index in [4.69, 9.17) is 10.2 Å². The monoisotopic (exact) mass is 355 g/mol. The number of aromatic nitrogens is 1. The molecule has 128 valence electrons. The van der Waals surface area contributed by atoms with Crippen LogP contribution in [-0.2, 0) is 6.54 Å². The molecule has 0 unspecified atom stereocenters. The summed E-state index contributed by atoms with van der Waals surface area (Å²) in [5, 5.41) is 1.92. The largest absolute Gasteiger partial charge is 0.440 e. The molecule has 2 amide bonds. The molecular weight excluding hydrogens is 338 g/mol. The summed E-state index contributed by atoms with van der Waals surface area (Å²) in [5.74, 6) is 0.184. The van der Waals surface area contributed by atoms with Gasteiger partial charge in [-0.3, -0.25) is 9.59 Å². The molecule has 25 heavy (non-hydrogen) atoms. The molecule has 0 bridgehead atoms. The fourth-order valence-electron chi connectivity index (χ4n) is 2.45. The third kappa shape index (κ3) is 3.61. The molecule has 0 atom stereocenters. The van der Waals surface area contributed by atoms with Gasteiger partial charge in [0.1, 0.15) is 5.76 Å². The van der Waals surface area contributed by atoms with Crippen LogP contribution in [0.2, 0.25) is 0 Å². The van der Waals surface area contributed by atoms with Gasteiger partial charge in [0.25, 0.3) is 5.91 Å². The molecule has 0 aliphatic carbocycles. The summed E-state index contributed by atoms with van der Waals surface area (Å²) in [7, 11) is 1.68. The third-order valence-corrected chi connectivity index (χ3v) is 4.57. The number of aryl methyl sites for hydroxylation is 1. The first-order valence-electron chi connectivity index (χ1n) is 7.61. The van der Waals surface area contributed by atoms with Gasteiger partial charge in [-0.05, 0) is 36.1 Å². The summed E-state index contributed by atoms with van der Waals surface area (Å²) in [6.45, 7) is 2.06. The van der Waals surface area contributed by atoms with Gasteiger partial charge in [0, 0.05) is 19.2 Å². The summed E-state index contributed by atoms with van der Waals surface area (Å²) in [4.78, 5) is 30.7. The van der Waals surface area contributed by atoms with Gasteiger partial charge >= 0.3 is 0 Å². The van der Waals surface area contributed by atoms with Gasteiger partial charge in [-0.1, -0.05) is 18.2 Å². The van der Waals surface area contributed by atoms with Crippen LogP contribution in [0.15, 0.2) is 46.2 Å². The normalized spacial score (nSPS) is 10.6. The lowest BCUT2D eigenvalue weighted by Crippen LogP contribution is -2.27. The summed E-state index contributed by atoms with van der Waals surface area (Å²) in [6.07, 6.45) is 0. The molecule has 7 heteroatoms. The average molecular weight is 355 g/mol. The Morgan fingerprint density at radius 2 is 2.08 bits per heavy atom. The van der Waals surface area contributed by atoms with Crippen LogP contribution < -0.4 is 5.73 Å². The third-order valence-electron chi connectivity index (χ3n) is 3.71. The molecule has 0 aliphatic rings. The lowest BCUT2D eigenvalue weighted by molar-refractivity contribution is 0.0778. The Morgan fingerprint density at radius 3 is 2.76 bits per heavy atom. The number of carbonyl (C=O) groups is 2. The van der Waals surface area contributed by atoms with Gasteiger partial charge in [0.2, 0.25) is 11.8 Å². The highest BCUT2D eigenvalue weighted by Crippen LogP contribution is 2.26. The smallest absolute Gasteiger partial charge is 0.276 e. The van der Waals surface area contributed by atoms with Gasteiger partial charge in [-0.2, -0.15) is 0 Å². The molecule has 0 aliphatic heterocycles. The highest BCUT2D eigenvalue weighted by atomic mass is 32.1. The van der Waals surface area contributed by atoms with Crippen molar-refractivity contribution in [2.24, 2.45) is 5.73 Å². The van der Waals surface area contributed by atoms with Crippen molar-refractivity contribution in [2.75, 3.05) is 7.05 Å². The molecule has 6 nitrogen and oxygen atoms in total. The van der Waals surface area contributed by atoms with Crippen LogP contribution in [-0.4, -0.2) is 28.7 Å². The molecule has 0 saturated carbocycles. The Bertz CT molecular complexity index is 916. The van der Waals surface area contributed by atoms with Crippen molar-refractivity contribution in [3.05, 3.63) is 64.4 Å². The van der Waals surface area contributed by atoms with Crippen LogP contribution in [0.1, 0.15) is 32.2 Å². The minimum absolute atomic E-state index is 0.242. The van der Waals surface area contributed by atoms with Gasteiger partial charge in [-0.25, -0.2) is 4.98 Å². The number of benzene rings is 1. The van der Waals surface area contributed by atoms with Gasteiger partial charge < -0.3 is 15.1 Å². The Hall–Kier alpha value is -2.93. The number of rotatable bonds is 5. The van der Waals surface area contributed by atoms with Crippen molar-refractivity contribution in [1.29, 1.82) is 0 Å². The van der Waals surface area contributed by atoms with Gasteiger partial charge in [0.15, 0.2) is 5.69 Å². The quantitative estimate of drug-likeness (QED) is 0.761. The van der Waals surface area contributed by atoms with Crippen molar-refractivity contribution in [2.45, 2.75) is 13.5 Å². The fraction of sp³-hybridized carbons (Fsp3) is 0.167. The maximum absolute atomic E-state index is 12.7.